The second-order valence-electron chi connectivity index (χ2n) is 6.67. The molecule has 0 saturated carbocycles. The second-order valence-corrected chi connectivity index (χ2v) is 8.61. The number of aryl methyl sites for hydroxylation is 2. The number of hydrogen-bond acceptors (Lipinski definition) is 4. The zero-order valence-corrected chi connectivity index (χ0v) is 15.8. The lowest BCUT2D eigenvalue weighted by Gasteiger charge is -2.30. The molecule has 2 heterocycles. The molecular formula is C19H23N3O3S. The van der Waals surface area contributed by atoms with Crippen molar-refractivity contribution in [1.82, 2.24) is 9.29 Å². The van der Waals surface area contributed by atoms with Crippen molar-refractivity contribution in [1.29, 1.82) is 0 Å². The van der Waals surface area contributed by atoms with Crippen LogP contribution in [0.5, 0.6) is 0 Å². The third-order valence-corrected chi connectivity index (χ3v) is 6.62. The highest BCUT2D eigenvalue weighted by Crippen LogP contribution is 2.25. The molecular weight excluding hydrogens is 350 g/mol. The molecule has 1 saturated heterocycles. The van der Waals surface area contributed by atoms with E-state index in [0.29, 0.717) is 25.9 Å². The van der Waals surface area contributed by atoms with Gasteiger partial charge in [0.2, 0.25) is 15.9 Å². The van der Waals surface area contributed by atoms with E-state index < -0.39 is 10.0 Å². The van der Waals surface area contributed by atoms with Crippen molar-refractivity contribution in [2.75, 3.05) is 18.4 Å². The molecule has 0 unspecified atom stereocenters. The number of pyridine rings is 1. The summed E-state index contributed by atoms with van der Waals surface area (Å²) in [6.07, 6.45) is 3.92. The Hall–Kier alpha value is -2.25. The Balaban J connectivity index is 1.62. The summed E-state index contributed by atoms with van der Waals surface area (Å²) in [5, 5.41) is 2.98. The van der Waals surface area contributed by atoms with Gasteiger partial charge in [-0.2, -0.15) is 4.31 Å². The molecule has 1 aliphatic rings. The minimum absolute atomic E-state index is 0.0459. The van der Waals surface area contributed by atoms with Crippen LogP contribution in [0.25, 0.3) is 0 Å². The lowest BCUT2D eigenvalue weighted by Crippen LogP contribution is -2.41. The first-order valence-corrected chi connectivity index (χ1v) is 10.1. The molecule has 3 rings (SSSR count). The number of nitrogens with zero attached hydrogens (tertiary/aromatic N) is 2. The first-order valence-electron chi connectivity index (χ1n) is 8.66. The van der Waals surface area contributed by atoms with Crippen molar-refractivity contribution in [3.8, 4) is 0 Å². The molecule has 1 aromatic carbocycles. The maximum Gasteiger partial charge on any atom is 0.244 e. The van der Waals surface area contributed by atoms with E-state index in [1.165, 1.54) is 10.5 Å². The number of benzene rings is 1. The zero-order chi connectivity index (χ0) is 18.7. The van der Waals surface area contributed by atoms with E-state index in [4.69, 9.17) is 0 Å². The Kier molecular flexibility index (Phi) is 5.38. The van der Waals surface area contributed by atoms with Gasteiger partial charge >= 0.3 is 0 Å². The minimum atomic E-state index is -3.54. The first-order chi connectivity index (χ1) is 12.4. The van der Waals surface area contributed by atoms with E-state index in [1.807, 2.05) is 32.0 Å². The first kappa shape index (κ1) is 18.5. The molecule has 1 aliphatic heterocycles. The largest absolute Gasteiger partial charge is 0.326 e. The van der Waals surface area contributed by atoms with Crippen molar-refractivity contribution in [3.63, 3.8) is 0 Å². The summed E-state index contributed by atoms with van der Waals surface area (Å²) in [6.45, 7) is 4.65. The van der Waals surface area contributed by atoms with Crippen LogP contribution in [-0.4, -0.2) is 36.7 Å². The summed E-state index contributed by atoms with van der Waals surface area (Å²) in [6, 6.07) is 9.05. The number of aromatic nitrogens is 1. The van der Waals surface area contributed by atoms with Crippen LogP contribution in [0.2, 0.25) is 0 Å². The molecule has 0 atom stereocenters. The topological polar surface area (TPSA) is 79.4 Å². The number of hydrogen-bond donors (Lipinski definition) is 1. The highest BCUT2D eigenvalue weighted by atomic mass is 32.2. The Bertz CT molecular complexity index is 890. The van der Waals surface area contributed by atoms with E-state index >= 15 is 0 Å². The summed E-state index contributed by atoms with van der Waals surface area (Å²) in [5.74, 6) is -0.230. The lowest BCUT2D eigenvalue weighted by atomic mass is 9.97. The van der Waals surface area contributed by atoms with Crippen molar-refractivity contribution >= 4 is 21.6 Å². The number of carbonyl (C=O) groups is 1. The van der Waals surface area contributed by atoms with Gasteiger partial charge in [0, 0.05) is 37.1 Å². The van der Waals surface area contributed by atoms with Crippen LogP contribution >= 0.6 is 0 Å². The van der Waals surface area contributed by atoms with E-state index in [0.717, 1.165) is 16.8 Å². The van der Waals surface area contributed by atoms with Crippen molar-refractivity contribution in [2.45, 2.75) is 31.6 Å². The van der Waals surface area contributed by atoms with Crippen LogP contribution in [0, 0.1) is 19.8 Å². The van der Waals surface area contributed by atoms with Gasteiger partial charge in [-0.15, -0.1) is 0 Å². The Morgan fingerprint density at radius 2 is 1.92 bits per heavy atom. The molecule has 2 aromatic rings. The van der Waals surface area contributed by atoms with E-state index in [2.05, 4.69) is 10.3 Å². The molecule has 1 fully saturated rings. The average Bonchev–Trinajstić information content (AvgIpc) is 2.65. The number of piperidine rings is 1. The van der Waals surface area contributed by atoms with Gasteiger partial charge in [-0.1, -0.05) is 17.7 Å². The Morgan fingerprint density at radius 1 is 1.19 bits per heavy atom. The summed E-state index contributed by atoms with van der Waals surface area (Å²) >= 11 is 0. The second kappa shape index (κ2) is 7.55. The van der Waals surface area contributed by atoms with Gasteiger partial charge < -0.3 is 5.32 Å². The molecule has 0 radical (unpaired) electrons. The van der Waals surface area contributed by atoms with Gasteiger partial charge in [-0.05, 0) is 50.5 Å². The molecule has 1 aromatic heterocycles. The molecule has 7 heteroatoms. The van der Waals surface area contributed by atoms with Gasteiger partial charge in [0.1, 0.15) is 4.90 Å². The van der Waals surface area contributed by atoms with Crippen LogP contribution in [0.4, 0.5) is 5.69 Å². The molecule has 0 aliphatic carbocycles. The number of nitrogens with one attached hydrogen (secondary N) is 1. The van der Waals surface area contributed by atoms with Crippen LogP contribution < -0.4 is 5.32 Å². The lowest BCUT2D eigenvalue weighted by molar-refractivity contribution is -0.120. The van der Waals surface area contributed by atoms with Crippen LogP contribution in [0.15, 0.2) is 47.6 Å². The van der Waals surface area contributed by atoms with Crippen LogP contribution in [0.1, 0.15) is 24.0 Å². The summed E-state index contributed by atoms with van der Waals surface area (Å²) < 4.78 is 26.7. The smallest absolute Gasteiger partial charge is 0.244 e. The standard InChI is InChI=1S/C19H23N3O3S/c1-14-5-6-18(15(2)12-14)21-19(23)16-7-10-22(11-8-16)26(24,25)17-4-3-9-20-13-17/h3-6,9,12-13,16H,7-8,10-11H2,1-2H3,(H,21,23). The number of sulfonamides is 1. The highest BCUT2D eigenvalue weighted by Gasteiger charge is 2.32. The molecule has 26 heavy (non-hydrogen) atoms. The number of rotatable bonds is 4. The number of anilines is 1. The van der Waals surface area contributed by atoms with Crippen molar-refractivity contribution in [2.24, 2.45) is 5.92 Å². The number of carbonyl (C=O) groups excluding carboxylic acids is 1. The molecule has 0 spiro atoms. The maximum absolute atomic E-state index is 12.6. The average molecular weight is 373 g/mol. The minimum Gasteiger partial charge on any atom is -0.326 e. The Morgan fingerprint density at radius 3 is 2.54 bits per heavy atom. The van der Waals surface area contributed by atoms with E-state index in [-0.39, 0.29) is 16.7 Å². The number of amides is 1. The molecule has 1 amide bonds. The van der Waals surface area contributed by atoms with Crippen LogP contribution in [-0.2, 0) is 14.8 Å². The van der Waals surface area contributed by atoms with Gasteiger partial charge in [-0.25, -0.2) is 8.42 Å². The predicted molar refractivity (Wildman–Crippen MR) is 100 cm³/mol. The third kappa shape index (κ3) is 3.94. The fraction of sp³-hybridized carbons (Fsp3) is 0.368. The highest BCUT2D eigenvalue weighted by molar-refractivity contribution is 7.89. The van der Waals surface area contributed by atoms with Gasteiger partial charge in [-0.3, -0.25) is 9.78 Å². The quantitative estimate of drug-likeness (QED) is 0.894. The molecule has 1 N–H and O–H groups in total. The maximum atomic E-state index is 12.6. The van der Waals surface area contributed by atoms with Crippen LogP contribution in [0.3, 0.4) is 0 Å². The normalized spacial score (nSPS) is 16.4. The molecule has 0 bridgehead atoms. The monoisotopic (exact) mass is 373 g/mol. The van der Waals surface area contributed by atoms with Gasteiger partial charge in [0.05, 0.1) is 0 Å². The zero-order valence-electron chi connectivity index (χ0n) is 15.0. The summed E-state index contributed by atoms with van der Waals surface area (Å²) in [4.78, 5) is 16.6. The van der Waals surface area contributed by atoms with E-state index in [9.17, 15) is 13.2 Å². The third-order valence-electron chi connectivity index (χ3n) is 4.74. The Labute approximate surface area is 154 Å². The predicted octanol–water partition coefficient (Wildman–Crippen LogP) is 2.74. The molecule has 6 nitrogen and oxygen atoms in total. The fourth-order valence-electron chi connectivity index (χ4n) is 3.20. The summed E-state index contributed by atoms with van der Waals surface area (Å²) in [5.41, 5.74) is 2.98. The van der Waals surface area contributed by atoms with Gasteiger partial charge in [0.25, 0.3) is 0 Å². The van der Waals surface area contributed by atoms with Gasteiger partial charge in [0.15, 0.2) is 0 Å². The summed E-state index contributed by atoms with van der Waals surface area (Å²) in [7, 11) is -3.54. The van der Waals surface area contributed by atoms with Crippen molar-refractivity contribution < 1.29 is 13.2 Å². The van der Waals surface area contributed by atoms with Crippen molar-refractivity contribution in [3.05, 3.63) is 53.9 Å². The molecule has 138 valence electrons. The van der Waals surface area contributed by atoms with E-state index in [1.54, 1.807) is 18.3 Å². The fourth-order valence-corrected chi connectivity index (χ4v) is 4.63. The SMILES string of the molecule is Cc1ccc(NC(=O)C2CCN(S(=O)(=O)c3cccnc3)CC2)c(C)c1.